The summed E-state index contributed by atoms with van der Waals surface area (Å²) in [5.41, 5.74) is 6.18. The van der Waals surface area contributed by atoms with Gasteiger partial charge in [-0.1, -0.05) is 66.4 Å². The summed E-state index contributed by atoms with van der Waals surface area (Å²) in [6.45, 7) is 0.987. The second kappa shape index (κ2) is 22.0. The summed E-state index contributed by atoms with van der Waals surface area (Å²) < 4.78 is 66.8. The number of pyridine rings is 1. The Morgan fingerprint density at radius 2 is 1.31 bits per heavy atom. The summed E-state index contributed by atoms with van der Waals surface area (Å²) in [4.78, 5) is 20.9. The Labute approximate surface area is 431 Å². The summed E-state index contributed by atoms with van der Waals surface area (Å²) in [6.07, 6.45) is 5.02. The molecular weight excluding hydrogens is 924 g/mol. The van der Waals surface area contributed by atoms with Crippen molar-refractivity contribution in [2.45, 2.75) is 82.1 Å². The lowest BCUT2D eigenvalue weighted by Crippen LogP contribution is -2.51. The van der Waals surface area contributed by atoms with E-state index >= 15 is 4.39 Å². The van der Waals surface area contributed by atoms with Crippen LogP contribution in [0.3, 0.4) is 0 Å². The molecule has 1 aliphatic carbocycles. The molecule has 0 saturated heterocycles. The molecule has 370 valence electrons. The fourth-order valence-electron chi connectivity index (χ4n) is 10.2. The lowest BCUT2D eigenvalue weighted by atomic mass is 9.68. The Morgan fingerprint density at radius 3 is 1.79 bits per heavy atom. The molecule has 5 aromatic carbocycles. The van der Waals surface area contributed by atoms with Gasteiger partial charge in [0.25, 0.3) is 0 Å². The first-order chi connectivity index (χ1) is 36.3. The summed E-state index contributed by atoms with van der Waals surface area (Å²) in [7, 11) is 6.52. The highest BCUT2D eigenvalue weighted by atomic mass is 32.2. The smallest absolute Gasteiger partial charge is 0.189 e. The molecular formula is C58H61FN8O4S. The highest BCUT2D eigenvalue weighted by Crippen LogP contribution is 2.50. The minimum Gasteiger partial charge on any atom is -0.497 e. The third-order valence-corrected chi connectivity index (χ3v) is 14.5. The van der Waals surface area contributed by atoms with Crippen molar-refractivity contribution in [3.05, 3.63) is 183 Å². The number of aromatic nitrogens is 3. The molecule has 0 saturated carbocycles. The van der Waals surface area contributed by atoms with Crippen molar-refractivity contribution in [3.8, 4) is 29.1 Å². The molecule has 1 aliphatic heterocycles. The maximum absolute atomic E-state index is 17.2. The van der Waals surface area contributed by atoms with Gasteiger partial charge in [0.15, 0.2) is 5.16 Å². The van der Waals surface area contributed by atoms with Crippen LogP contribution < -0.4 is 34.1 Å². The van der Waals surface area contributed by atoms with Gasteiger partial charge in [-0.3, -0.25) is 4.90 Å². The second-order valence-corrected chi connectivity index (χ2v) is 19.0. The van der Waals surface area contributed by atoms with E-state index in [4.69, 9.17) is 33.9 Å². The van der Waals surface area contributed by atoms with Gasteiger partial charge in [0.05, 0.1) is 57.0 Å². The van der Waals surface area contributed by atoms with Crippen LogP contribution in [0.5, 0.6) is 23.0 Å². The number of nitrogens with zero attached hydrogens (tertiary/aromatic N) is 7. The van der Waals surface area contributed by atoms with Crippen LogP contribution in [0.1, 0.15) is 85.7 Å². The van der Waals surface area contributed by atoms with E-state index in [9.17, 15) is 9.37 Å². The Bertz CT molecular complexity index is 3060. The van der Waals surface area contributed by atoms with E-state index in [1.165, 1.54) is 22.7 Å². The van der Waals surface area contributed by atoms with Gasteiger partial charge in [-0.05, 0) is 133 Å². The summed E-state index contributed by atoms with van der Waals surface area (Å²) >= 11 is 1.38. The van der Waals surface area contributed by atoms with Gasteiger partial charge in [-0.2, -0.15) is 5.26 Å². The molecule has 0 fully saturated rings. The largest absolute Gasteiger partial charge is 0.497 e. The van der Waals surface area contributed by atoms with Gasteiger partial charge < -0.3 is 34.1 Å². The highest BCUT2D eigenvalue weighted by Gasteiger charge is 2.48. The van der Waals surface area contributed by atoms with Crippen LogP contribution >= 0.6 is 11.8 Å². The number of ether oxygens (including phenoxy) is 4. The number of thioether (sulfide) groups is 1. The Hall–Kier alpha value is -7.34. The highest BCUT2D eigenvalue weighted by molar-refractivity contribution is 7.98. The minimum atomic E-state index is -2.68. The lowest BCUT2D eigenvalue weighted by molar-refractivity contribution is 0.0717. The zero-order chi connectivity index (χ0) is 52.9. The second-order valence-electron chi connectivity index (χ2n) is 18.2. The number of rotatable bonds is 18. The van der Waals surface area contributed by atoms with E-state index in [1.54, 1.807) is 34.6 Å². The number of hydrogen-bond acceptors (Lipinski definition) is 13. The van der Waals surface area contributed by atoms with Gasteiger partial charge in [0.1, 0.15) is 46.5 Å². The van der Waals surface area contributed by atoms with Crippen LogP contribution in [-0.2, 0) is 51.1 Å². The molecule has 3 heterocycles. The van der Waals surface area contributed by atoms with Crippen molar-refractivity contribution < 1.29 is 27.5 Å². The number of fused-ring (bicyclic) bond motifs is 3. The van der Waals surface area contributed by atoms with Crippen molar-refractivity contribution >= 4 is 29.1 Å². The van der Waals surface area contributed by atoms with Gasteiger partial charge in [0.2, 0.25) is 0 Å². The van der Waals surface area contributed by atoms with Crippen LogP contribution in [0, 0.1) is 17.1 Å². The molecule has 1 unspecified atom stereocenters. The Morgan fingerprint density at radius 1 is 0.778 bits per heavy atom. The Kier molecular flexibility index (Phi) is 14.0. The summed E-state index contributed by atoms with van der Waals surface area (Å²) in [6, 6.07) is 38.8. The SMILES string of the molecule is [2H]C([2H])([2H])N1Cc2c(nc(SC)nc2N[C@H](C)c2cccnc2N(Cc2ccc(OC)cc2)Cc2ccc(OC)cc2)CC12CCCc1c(F)cc(N(Cc3ccc(OC)cc3)Cc3ccc(OC)cc3)c(C#N)c12. The summed E-state index contributed by atoms with van der Waals surface area (Å²) in [5.74, 6) is 3.69. The molecule has 2 aromatic heterocycles. The third-order valence-electron chi connectivity index (χ3n) is 13.9. The van der Waals surface area contributed by atoms with E-state index in [1.807, 2.05) is 127 Å². The molecule has 14 heteroatoms. The van der Waals surface area contributed by atoms with Crippen LogP contribution in [0.25, 0.3) is 0 Å². The molecule has 72 heavy (non-hydrogen) atoms. The monoisotopic (exact) mass is 987 g/mol. The van der Waals surface area contributed by atoms with Crippen LogP contribution in [0.4, 0.5) is 21.7 Å². The maximum atomic E-state index is 17.2. The zero-order valence-corrected chi connectivity index (χ0v) is 42.4. The van der Waals surface area contributed by atoms with Gasteiger partial charge >= 0.3 is 0 Å². The topological polar surface area (TPSA) is 121 Å². The molecule has 7 aromatic rings. The number of halogens is 1. The van der Waals surface area contributed by atoms with Crippen molar-refractivity contribution in [2.75, 3.05) is 56.8 Å². The molecule has 0 radical (unpaired) electrons. The molecule has 1 spiro atoms. The number of likely N-dealkylation sites (N-methyl/N-ethyl adjacent to an activating group) is 1. The van der Waals surface area contributed by atoms with E-state index in [2.05, 4.69) is 16.3 Å². The first-order valence-electron chi connectivity index (χ1n) is 25.5. The average molecular weight is 988 g/mol. The van der Waals surface area contributed by atoms with Crippen LogP contribution in [-0.4, -0.2) is 61.5 Å². The van der Waals surface area contributed by atoms with Gasteiger partial charge in [-0.15, -0.1) is 0 Å². The molecule has 12 nitrogen and oxygen atoms in total. The first-order valence-corrected chi connectivity index (χ1v) is 25.2. The zero-order valence-electron chi connectivity index (χ0n) is 44.5. The number of nitrogens with one attached hydrogen (secondary N) is 1. The molecule has 9 rings (SSSR count). The molecule has 1 N–H and O–H groups in total. The number of benzene rings is 5. The van der Waals surface area contributed by atoms with Crippen molar-refractivity contribution in [2.24, 2.45) is 0 Å². The van der Waals surface area contributed by atoms with Crippen molar-refractivity contribution in [1.82, 2.24) is 19.9 Å². The van der Waals surface area contributed by atoms with Gasteiger partial charge in [0, 0.05) is 60.6 Å². The lowest BCUT2D eigenvalue weighted by Gasteiger charge is -2.50. The predicted molar refractivity (Wildman–Crippen MR) is 283 cm³/mol. The average Bonchev–Trinajstić information content (AvgIpc) is 3.45. The van der Waals surface area contributed by atoms with E-state index in [-0.39, 0.29) is 24.6 Å². The molecule has 2 aliphatic rings. The number of hydrogen-bond donors (Lipinski definition) is 1. The quantitative estimate of drug-likeness (QED) is 0.0649. The number of methoxy groups -OCH3 is 4. The number of anilines is 3. The summed E-state index contributed by atoms with van der Waals surface area (Å²) in [5, 5.41) is 15.6. The van der Waals surface area contributed by atoms with Crippen LogP contribution in [0.2, 0.25) is 0 Å². The van der Waals surface area contributed by atoms with Crippen LogP contribution in [0.15, 0.2) is 127 Å². The van der Waals surface area contributed by atoms with Crippen molar-refractivity contribution in [3.63, 3.8) is 0 Å². The predicted octanol–water partition coefficient (Wildman–Crippen LogP) is 11.4. The molecule has 2 atom stereocenters. The fraction of sp³-hybridized carbons (Fsp3) is 0.310. The Balaban J connectivity index is 1.12. The minimum absolute atomic E-state index is 0.0892. The normalized spacial score (nSPS) is 16.2. The van der Waals surface area contributed by atoms with E-state index in [0.29, 0.717) is 96.0 Å². The maximum Gasteiger partial charge on any atom is 0.189 e. The van der Waals surface area contributed by atoms with Crippen molar-refractivity contribution in [1.29, 1.82) is 5.26 Å². The van der Waals surface area contributed by atoms with E-state index in [0.717, 1.165) is 45.1 Å². The third kappa shape index (κ3) is 10.4. The van der Waals surface area contributed by atoms with Gasteiger partial charge in [-0.25, -0.2) is 19.3 Å². The molecule has 0 amide bonds. The fourth-order valence-corrected chi connectivity index (χ4v) is 10.6. The standard InChI is InChI=1S/C58H61FN8O4S/c1-38(47-11-9-29-61-56(47)67(35-41-16-24-45(70-5)25-17-41)36-42-18-26-46(71-6)27-19-42)62-55-50-37-65(2)58(31-52(50)63-57(64-55)72-7)28-8-10-48-51(59)30-53(49(32-60)54(48)58)66(33-39-12-20-43(68-3)21-13-39)34-40-14-22-44(69-4)23-15-40/h9,11-27,29-30,38H,8,10,28,31,33-37H2,1-7H3,(H,62,63,64)/t38-,58?/m1/s1/i2D3. The first kappa shape index (κ1) is 45.8. The molecule has 0 bridgehead atoms. The van der Waals surface area contributed by atoms with E-state index < -0.39 is 18.3 Å². The number of nitriles is 1.